The molecule has 1 unspecified atom stereocenters. The number of nitrogens with one attached hydrogen (secondary N) is 1. The molecule has 0 saturated carbocycles. The summed E-state index contributed by atoms with van der Waals surface area (Å²) in [5.41, 5.74) is -0.0359. The molecule has 1 aliphatic heterocycles. The maximum absolute atomic E-state index is 12.9. The maximum atomic E-state index is 12.9. The van der Waals surface area contributed by atoms with Gasteiger partial charge in [0.25, 0.3) is 0 Å². The zero-order valence-corrected chi connectivity index (χ0v) is 13.1. The van der Waals surface area contributed by atoms with Crippen LogP contribution in [0.15, 0.2) is 42.6 Å². The van der Waals surface area contributed by atoms with E-state index >= 15 is 0 Å². The van der Waals surface area contributed by atoms with Crippen molar-refractivity contribution in [1.29, 1.82) is 0 Å². The van der Waals surface area contributed by atoms with Gasteiger partial charge in [0, 0.05) is 19.3 Å². The molecule has 132 valence electrons. The minimum atomic E-state index is -4.46. The molecule has 0 radical (unpaired) electrons. The van der Waals surface area contributed by atoms with Gasteiger partial charge in [0.2, 0.25) is 5.91 Å². The summed E-state index contributed by atoms with van der Waals surface area (Å²) in [5, 5.41) is 2.77. The number of anilines is 1. The van der Waals surface area contributed by atoms with Crippen LogP contribution in [-0.2, 0) is 17.5 Å². The summed E-state index contributed by atoms with van der Waals surface area (Å²) in [6.45, 7) is 0.792. The highest BCUT2D eigenvalue weighted by Gasteiger charge is 2.33. The van der Waals surface area contributed by atoms with E-state index in [1.165, 1.54) is 12.1 Å². The van der Waals surface area contributed by atoms with Crippen LogP contribution in [-0.4, -0.2) is 28.4 Å². The first kappa shape index (κ1) is 17.2. The number of nitrogens with zero attached hydrogens (tertiary/aromatic N) is 2. The van der Waals surface area contributed by atoms with E-state index in [0.717, 1.165) is 23.9 Å². The minimum absolute atomic E-state index is 0.0109. The van der Waals surface area contributed by atoms with E-state index in [1.807, 2.05) is 0 Å². The Bertz CT molecular complexity index is 761. The topological polar surface area (TPSA) is 45.2 Å². The molecule has 1 aromatic heterocycles. The molecule has 0 spiro atoms. The summed E-state index contributed by atoms with van der Waals surface area (Å²) in [6.07, 6.45) is -2.95. The van der Waals surface area contributed by atoms with Gasteiger partial charge in [0.05, 0.1) is 5.56 Å². The Labute approximate surface area is 141 Å². The molecule has 1 saturated heterocycles. The van der Waals surface area contributed by atoms with Gasteiger partial charge in [-0.2, -0.15) is 13.2 Å². The maximum Gasteiger partial charge on any atom is 0.416 e. The SMILES string of the molecule is O=C1C(Nc2cc(C(F)(F)F)ccn2)CCN1Cc1ccc(F)cc1. The van der Waals surface area contributed by atoms with E-state index in [-0.39, 0.29) is 17.5 Å². The number of hydrogen-bond acceptors (Lipinski definition) is 3. The van der Waals surface area contributed by atoms with Gasteiger partial charge < -0.3 is 10.2 Å². The molecular formula is C17H15F4N3O. The second kappa shape index (κ2) is 6.70. The Kier molecular flexibility index (Phi) is 4.61. The first-order chi connectivity index (χ1) is 11.8. The van der Waals surface area contributed by atoms with Gasteiger partial charge in [0.15, 0.2) is 0 Å². The molecule has 1 atom stereocenters. The number of likely N-dealkylation sites (tertiary alicyclic amines) is 1. The highest BCUT2D eigenvalue weighted by molar-refractivity contribution is 5.86. The third-order valence-electron chi connectivity index (χ3n) is 3.99. The van der Waals surface area contributed by atoms with E-state index < -0.39 is 17.8 Å². The fourth-order valence-electron chi connectivity index (χ4n) is 2.70. The van der Waals surface area contributed by atoms with Crippen molar-refractivity contribution < 1.29 is 22.4 Å². The highest BCUT2D eigenvalue weighted by Crippen LogP contribution is 2.30. The van der Waals surface area contributed by atoms with E-state index in [2.05, 4.69) is 10.3 Å². The van der Waals surface area contributed by atoms with Gasteiger partial charge in [-0.1, -0.05) is 12.1 Å². The Morgan fingerprint density at radius 1 is 1.20 bits per heavy atom. The van der Waals surface area contributed by atoms with Crippen molar-refractivity contribution in [3.63, 3.8) is 0 Å². The Hall–Kier alpha value is -2.64. The van der Waals surface area contributed by atoms with E-state index in [0.29, 0.717) is 19.5 Å². The summed E-state index contributed by atoms with van der Waals surface area (Å²) >= 11 is 0. The van der Waals surface area contributed by atoms with Crippen LogP contribution in [0.2, 0.25) is 0 Å². The zero-order chi connectivity index (χ0) is 18.0. The quantitative estimate of drug-likeness (QED) is 0.857. The van der Waals surface area contributed by atoms with E-state index in [9.17, 15) is 22.4 Å². The lowest BCUT2D eigenvalue weighted by Gasteiger charge is -2.18. The van der Waals surface area contributed by atoms with Crippen molar-refractivity contribution in [2.75, 3.05) is 11.9 Å². The van der Waals surface area contributed by atoms with Gasteiger partial charge in [-0.05, 0) is 36.2 Å². The first-order valence-corrected chi connectivity index (χ1v) is 7.66. The normalized spacial score (nSPS) is 17.8. The molecule has 0 aliphatic carbocycles. The molecule has 4 nitrogen and oxygen atoms in total. The summed E-state index contributed by atoms with van der Waals surface area (Å²) < 4.78 is 51.1. The molecule has 1 aliphatic rings. The van der Waals surface area contributed by atoms with E-state index in [1.54, 1.807) is 17.0 Å². The van der Waals surface area contributed by atoms with Crippen LogP contribution in [0.4, 0.5) is 23.4 Å². The smallest absolute Gasteiger partial charge is 0.358 e. The molecular weight excluding hydrogens is 338 g/mol. The van der Waals surface area contributed by atoms with Gasteiger partial charge in [-0.3, -0.25) is 4.79 Å². The van der Waals surface area contributed by atoms with Crippen molar-refractivity contribution in [1.82, 2.24) is 9.88 Å². The molecule has 3 rings (SSSR count). The predicted octanol–water partition coefficient (Wildman–Crippen LogP) is 3.45. The molecule has 0 bridgehead atoms. The van der Waals surface area contributed by atoms with Crippen LogP contribution in [0.3, 0.4) is 0 Å². The molecule has 1 amide bonds. The number of alkyl halides is 3. The molecule has 1 aromatic carbocycles. The van der Waals surface area contributed by atoms with Crippen LogP contribution in [0, 0.1) is 5.82 Å². The monoisotopic (exact) mass is 353 g/mol. The lowest BCUT2D eigenvalue weighted by molar-refractivity contribution is -0.137. The number of rotatable bonds is 4. The fraction of sp³-hybridized carbons (Fsp3) is 0.294. The largest absolute Gasteiger partial charge is 0.416 e. The molecule has 2 heterocycles. The fourth-order valence-corrected chi connectivity index (χ4v) is 2.70. The van der Waals surface area contributed by atoms with Crippen molar-refractivity contribution in [2.24, 2.45) is 0 Å². The van der Waals surface area contributed by atoms with Gasteiger partial charge in [-0.15, -0.1) is 0 Å². The summed E-state index contributed by atoms with van der Waals surface area (Å²) in [5.74, 6) is -0.563. The minimum Gasteiger partial charge on any atom is -0.358 e. The van der Waals surface area contributed by atoms with Crippen molar-refractivity contribution in [3.05, 3.63) is 59.5 Å². The first-order valence-electron chi connectivity index (χ1n) is 7.66. The van der Waals surface area contributed by atoms with Gasteiger partial charge in [-0.25, -0.2) is 9.37 Å². The van der Waals surface area contributed by atoms with Gasteiger partial charge in [0.1, 0.15) is 17.7 Å². The van der Waals surface area contributed by atoms with Crippen molar-refractivity contribution in [3.8, 4) is 0 Å². The van der Waals surface area contributed by atoms with Crippen LogP contribution in [0.5, 0.6) is 0 Å². The van der Waals surface area contributed by atoms with Crippen LogP contribution in [0.1, 0.15) is 17.5 Å². The molecule has 1 fully saturated rings. The highest BCUT2D eigenvalue weighted by atomic mass is 19.4. The number of halogens is 4. The van der Waals surface area contributed by atoms with Crippen LogP contribution in [0.25, 0.3) is 0 Å². The number of carbonyl (C=O) groups excluding carboxylic acids is 1. The van der Waals surface area contributed by atoms with Crippen molar-refractivity contribution >= 4 is 11.7 Å². The predicted molar refractivity (Wildman–Crippen MR) is 83.1 cm³/mol. The Morgan fingerprint density at radius 3 is 2.60 bits per heavy atom. The van der Waals surface area contributed by atoms with Crippen LogP contribution < -0.4 is 5.32 Å². The average molecular weight is 353 g/mol. The molecule has 25 heavy (non-hydrogen) atoms. The number of amides is 1. The second-order valence-electron chi connectivity index (χ2n) is 5.80. The third-order valence-corrected chi connectivity index (χ3v) is 3.99. The summed E-state index contributed by atoms with van der Waals surface area (Å²) in [6, 6.07) is 6.96. The standard InChI is InChI=1S/C17H15F4N3O/c18-13-3-1-11(2-4-13)10-24-8-6-14(16(24)25)23-15-9-12(5-7-22-15)17(19,20)21/h1-5,7,9,14H,6,8,10H2,(H,22,23). The zero-order valence-electron chi connectivity index (χ0n) is 13.1. The number of pyridine rings is 1. The van der Waals surface area contributed by atoms with Crippen molar-refractivity contribution in [2.45, 2.75) is 25.2 Å². The summed E-state index contributed by atoms with van der Waals surface area (Å²) in [4.78, 5) is 17.8. The Morgan fingerprint density at radius 2 is 1.92 bits per heavy atom. The third kappa shape index (κ3) is 4.07. The van der Waals surface area contributed by atoms with Crippen LogP contribution >= 0.6 is 0 Å². The lowest BCUT2D eigenvalue weighted by Crippen LogP contribution is -2.33. The lowest BCUT2D eigenvalue weighted by atomic mass is 10.2. The number of aromatic nitrogens is 1. The number of benzene rings is 1. The molecule has 2 aromatic rings. The Balaban J connectivity index is 1.65. The molecule has 1 N–H and O–H groups in total. The average Bonchev–Trinajstić information content (AvgIpc) is 2.90. The molecule has 8 heteroatoms. The number of hydrogen-bond donors (Lipinski definition) is 1. The summed E-state index contributed by atoms with van der Waals surface area (Å²) in [7, 11) is 0. The van der Waals surface area contributed by atoms with Gasteiger partial charge >= 0.3 is 6.18 Å². The van der Waals surface area contributed by atoms with E-state index in [4.69, 9.17) is 0 Å². The second-order valence-corrected chi connectivity index (χ2v) is 5.80. The number of carbonyl (C=O) groups is 1.